The predicted octanol–water partition coefficient (Wildman–Crippen LogP) is 4.74. The number of rotatable bonds is 4. The third kappa shape index (κ3) is 6.17. The standard InChI is InChI=1S/C17H20O5.3C2H6/c1-20-9-14-15(18)16(19)17(22-14)12-7-10-5-3-4-6-11(10)8-13(12)21-2;3*1-2/h3-8,14-19H,9H2,1-2H3;3*1-2H3/t14-,15?,16?,17+;;;/m1.../s1. The van der Waals surface area contributed by atoms with Gasteiger partial charge in [0.05, 0.1) is 13.7 Å². The van der Waals surface area contributed by atoms with Gasteiger partial charge in [-0.1, -0.05) is 65.8 Å². The van der Waals surface area contributed by atoms with E-state index in [1.54, 1.807) is 7.11 Å². The smallest absolute Gasteiger partial charge is 0.125 e. The van der Waals surface area contributed by atoms with Crippen LogP contribution in [0.1, 0.15) is 53.2 Å². The molecular formula is C23H38O5. The summed E-state index contributed by atoms with van der Waals surface area (Å²) in [4.78, 5) is 0. The summed E-state index contributed by atoms with van der Waals surface area (Å²) >= 11 is 0. The lowest BCUT2D eigenvalue weighted by Gasteiger charge is -2.19. The molecule has 2 aromatic rings. The summed E-state index contributed by atoms with van der Waals surface area (Å²) in [5.41, 5.74) is 0.728. The molecule has 2 aromatic carbocycles. The van der Waals surface area contributed by atoms with Crippen LogP contribution in [0, 0.1) is 0 Å². The Morgan fingerprint density at radius 3 is 1.89 bits per heavy atom. The normalized spacial score (nSPS) is 22.8. The molecule has 5 heteroatoms. The number of benzene rings is 2. The Kier molecular flexibility index (Phi) is 13.5. The summed E-state index contributed by atoms with van der Waals surface area (Å²) in [5, 5.41) is 22.5. The lowest BCUT2D eigenvalue weighted by Crippen LogP contribution is -2.33. The minimum Gasteiger partial charge on any atom is -0.496 e. The van der Waals surface area contributed by atoms with Gasteiger partial charge in [-0.2, -0.15) is 0 Å². The maximum Gasteiger partial charge on any atom is 0.125 e. The number of hydrogen-bond acceptors (Lipinski definition) is 5. The van der Waals surface area contributed by atoms with Crippen LogP contribution in [-0.4, -0.2) is 49.4 Å². The van der Waals surface area contributed by atoms with E-state index in [4.69, 9.17) is 14.2 Å². The van der Waals surface area contributed by atoms with Crippen LogP contribution in [0.4, 0.5) is 0 Å². The molecule has 4 atom stereocenters. The van der Waals surface area contributed by atoms with Gasteiger partial charge < -0.3 is 24.4 Å². The first-order chi connectivity index (χ1) is 13.7. The molecule has 2 unspecified atom stereocenters. The van der Waals surface area contributed by atoms with Gasteiger partial charge in [0.1, 0.15) is 30.2 Å². The number of hydrogen-bond donors (Lipinski definition) is 2. The highest BCUT2D eigenvalue weighted by Gasteiger charge is 2.44. The summed E-state index contributed by atoms with van der Waals surface area (Å²) in [7, 11) is 3.12. The maximum atomic E-state index is 10.3. The Morgan fingerprint density at radius 2 is 1.39 bits per heavy atom. The van der Waals surface area contributed by atoms with Crippen molar-refractivity contribution in [3.05, 3.63) is 42.0 Å². The maximum absolute atomic E-state index is 10.3. The zero-order chi connectivity index (χ0) is 21.7. The lowest BCUT2D eigenvalue weighted by atomic mass is 9.97. The molecule has 0 radical (unpaired) electrons. The van der Waals surface area contributed by atoms with Gasteiger partial charge in [-0.25, -0.2) is 0 Å². The van der Waals surface area contributed by atoms with E-state index >= 15 is 0 Å². The largest absolute Gasteiger partial charge is 0.496 e. The Labute approximate surface area is 170 Å². The topological polar surface area (TPSA) is 68.2 Å². The van der Waals surface area contributed by atoms with E-state index in [-0.39, 0.29) is 6.61 Å². The van der Waals surface area contributed by atoms with Crippen molar-refractivity contribution < 1.29 is 24.4 Å². The first kappa shape index (κ1) is 26.3. The fraction of sp³-hybridized carbons (Fsp3) is 0.565. The second kappa shape index (κ2) is 14.4. The Hall–Kier alpha value is -1.66. The highest BCUT2D eigenvalue weighted by atomic mass is 16.6. The van der Waals surface area contributed by atoms with Crippen LogP contribution in [0.15, 0.2) is 36.4 Å². The summed E-state index contributed by atoms with van der Waals surface area (Å²) < 4.78 is 16.3. The Balaban J connectivity index is 0.00000111. The second-order valence-corrected chi connectivity index (χ2v) is 5.47. The zero-order valence-electron chi connectivity index (χ0n) is 18.6. The van der Waals surface area contributed by atoms with Crippen LogP contribution < -0.4 is 4.74 Å². The van der Waals surface area contributed by atoms with Gasteiger partial charge in [-0.05, 0) is 22.9 Å². The highest BCUT2D eigenvalue weighted by molar-refractivity contribution is 5.85. The molecule has 0 saturated carbocycles. The first-order valence-electron chi connectivity index (χ1n) is 10.2. The van der Waals surface area contributed by atoms with Crippen molar-refractivity contribution >= 4 is 10.8 Å². The number of aliphatic hydroxyl groups excluding tert-OH is 2. The Morgan fingerprint density at radius 1 is 0.857 bits per heavy atom. The molecule has 0 spiro atoms. The number of ether oxygens (including phenoxy) is 3. The van der Waals surface area contributed by atoms with Crippen molar-refractivity contribution in [1.29, 1.82) is 0 Å². The zero-order valence-corrected chi connectivity index (χ0v) is 18.6. The molecule has 2 N–H and O–H groups in total. The van der Waals surface area contributed by atoms with E-state index < -0.39 is 24.4 Å². The van der Waals surface area contributed by atoms with Crippen molar-refractivity contribution in [1.82, 2.24) is 0 Å². The number of fused-ring (bicyclic) bond motifs is 1. The number of methoxy groups -OCH3 is 2. The van der Waals surface area contributed by atoms with Gasteiger partial charge in [0.2, 0.25) is 0 Å². The van der Waals surface area contributed by atoms with Gasteiger partial charge in [-0.15, -0.1) is 0 Å². The van der Waals surface area contributed by atoms with Crippen molar-refractivity contribution in [3.63, 3.8) is 0 Å². The second-order valence-electron chi connectivity index (χ2n) is 5.47. The fourth-order valence-corrected chi connectivity index (χ4v) is 2.94. The minimum absolute atomic E-state index is 0.227. The van der Waals surface area contributed by atoms with Gasteiger partial charge in [0.25, 0.3) is 0 Å². The average Bonchev–Trinajstić information content (AvgIpc) is 3.05. The van der Waals surface area contributed by atoms with Gasteiger partial charge in [-0.3, -0.25) is 0 Å². The molecule has 1 aliphatic heterocycles. The third-order valence-electron chi connectivity index (χ3n) is 4.10. The molecule has 1 saturated heterocycles. The summed E-state index contributed by atoms with van der Waals surface area (Å²) in [6.45, 7) is 12.2. The molecule has 1 heterocycles. The van der Waals surface area contributed by atoms with Crippen molar-refractivity contribution in [2.75, 3.05) is 20.8 Å². The van der Waals surface area contributed by atoms with Crippen molar-refractivity contribution in [2.24, 2.45) is 0 Å². The van der Waals surface area contributed by atoms with E-state index in [9.17, 15) is 10.2 Å². The molecule has 0 bridgehead atoms. The molecule has 28 heavy (non-hydrogen) atoms. The van der Waals surface area contributed by atoms with Gasteiger partial charge in [0.15, 0.2) is 0 Å². The predicted molar refractivity (Wildman–Crippen MR) is 116 cm³/mol. The molecule has 1 fully saturated rings. The molecule has 0 aliphatic carbocycles. The summed E-state index contributed by atoms with van der Waals surface area (Å²) in [6.07, 6.45) is -3.20. The lowest BCUT2D eigenvalue weighted by molar-refractivity contribution is -0.0343. The van der Waals surface area contributed by atoms with Gasteiger partial charge in [0, 0.05) is 12.7 Å². The fourth-order valence-electron chi connectivity index (χ4n) is 2.94. The highest BCUT2D eigenvalue weighted by Crippen LogP contribution is 2.39. The molecular weight excluding hydrogens is 356 g/mol. The van der Waals surface area contributed by atoms with Crippen molar-refractivity contribution in [2.45, 2.75) is 66.0 Å². The summed E-state index contributed by atoms with van der Waals surface area (Å²) in [5.74, 6) is 0.632. The molecule has 1 aliphatic rings. The quantitative estimate of drug-likeness (QED) is 0.784. The molecule has 0 aromatic heterocycles. The minimum atomic E-state index is -1.02. The van der Waals surface area contributed by atoms with Crippen LogP contribution in [0.5, 0.6) is 5.75 Å². The molecule has 0 amide bonds. The first-order valence-corrected chi connectivity index (χ1v) is 10.2. The van der Waals surface area contributed by atoms with Crippen LogP contribution in [0.25, 0.3) is 10.8 Å². The molecule has 160 valence electrons. The van der Waals surface area contributed by atoms with E-state index in [1.165, 1.54) is 7.11 Å². The van der Waals surface area contributed by atoms with Gasteiger partial charge >= 0.3 is 0 Å². The monoisotopic (exact) mass is 394 g/mol. The molecule has 3 rings (SSSR count). The van der Waals surface area contributed by atoms with E-state index in [0.29, 0.717) is 5.75 Å². The number of aliphatic hydroxyl groups is 2. The Bertz CT molecular complexity index is 658. The van der Waals surface area contributed by atoms with Crippen LogP contribution in [-0.2, 0) is 9.47 Å². The third-order valence-corrected chi connectivity index (χ3v) is 4.10. The van der Waals surface area contributed by atoms with E-state index in [1.807, 2.05) is 77.9 Å². The van der Waals surface area contributed by atoms with E-state index in [0.717, 1.165) is 16.3 Å². The summed E-state index contributed by atoms with van der Waals surface area (Å²) in [6, 6.07) is 11.7. The van der Waals surface area contributed by atoms with Crippen LogP contribution in [0.2, 0.25) is 0 Å². The van der Waals surface area contributed by atoms with Crippen molar-refractivity contribution in [3.8, 4) is 5.75 Å². The van der Waals surface area contributed by atoms with Crippen LogP contribution >= 0.6 is 0 Å². The van der Waals surface area contributed by atoms with E-state index in [2.05, 4.69) is 0 Å². The molecule has 5 nitrogen and oxygen atoms in total. The van der Waals surface area contributed by atoms with Crippen LogP contribution in [0.3, 0.4) is 0 Å². The SMILES string of the molecule is CC.CC.CC.COC[C@H]1O[C@@H](c2cc3ccccc3cc2OC)C(O)C1O. The average molecular weight is 395 g/mol.